The van der Waals surface area contributed by atoms with E-state index in [1.54, 1.807) is 6.26 Å². The van der Waals surface area contributed by atoms with Gasteiger partial charge in [-0.25, -0.2) is 0 Å². The van der Waals surface area contributed by atoms with Crippen molar-refractivity contribution in [3.05, 3.63) is 17.4 Å². The average Bonchev–Trinajstić information content (AvgIpc) is 2.11. The van der Waals surface area contributed by atoms with Crippen molar-refractivity contribution in [2.75, 3.05) is 0 Å². The van der Waals surface area contributed by atoms with Crippen LogP contribution in [0.4, 0.5) is 0 Å². The Kier molecular flexibility index (Phi) is 2.16. The van der Waals surface area contributed by atoms with Crippen LogP contribution in [0.2, 0.25) is 22.3 Å². The predicted octanol–water partition coefficient (Wildman–Crippen LogP) is 2.48. The topological polar surface area (TPSA) is 13.1 Å². The molecule has 56 valence electrons. The zero-order valence-electron chi connectivity index (χ0n) is 6.44. The van der Waals surface area contributed by atoms with Crippen LogP contribution in [0.3, 0.4) is 0 Å². The summed E-state index contributed by atoms with van der Waals surface area (Å²) in [7, 11) is 0. The van der Waals surface area contributed by atoms with Gasteiger partial charge in [-0.05, 0) is 0 Å². The summed E-state index contributed by atoms with van der Waals surface area (Å²) in [6, 6.07) is 1.81. The number of rotatable bonds is 1. The standard InChI is InChI=1S/C7H11ClGeO/c1-9(2,3)7-6(8)4-5-10-7/h4-5H,1-3H3. The summed E-state index contributed by atoms with van der Waals surface area (Å²) in [6.07, 6.45) is 1.66. The molecular weight excluding hydrogens is 208 g/mol. The summed E-state index contributed by atoms with van der Waals surface area (Å²) in [5.41, 5.74) is 0. The van der Waals surface area contributed by atoms with E-state index in [2.05, 4.69) is 17.3 Å². The molecule has 1 aromatic rings. The molecule has 10 heavy (non-hydrogen) atoms. The van der Waals surface area contributed by atoms with E-state index in [1.165, 1.54) is 0 Å². The van der Waals surface area contributed by atoms with E-state index in [1.807, 2.05) is 6.07 Å². The third-order valence-electron chi connectivity index (χ3n) is 1.30. The zero-order chi connectivity index (χ0) is 7.78. The molecule has 1 heterocycles. The maximum atomic E-state index is 5.88. The normalized spacial score (nSPS) is 12.0. The molecule has 0 aliphatic carbocycles. The Hall–Kier alpha value is 0.113. The van der Waals surface area contributed by atoms with Gasteiger partial charge < -0.3 is 0 Å². The van der Waals surface area contributed by atoms with E-state index in [4.69, 9.17) is 16.0 Å². The summed E-state index contributed by atoms with van der Waals surface area (Å²) in [5.74, 6) is 6.76. The Morgan fingerprint density at radius 2 is 2.00 bits per heavy atom. The van der Waals surface area contributed by atoms with Gasteiger partial charge in [-0.15, -0.1) is 0 Å². The van der Waals surface area contributed by atoms with Crippen LogP contribution in [-0.4, -0.2) is 13.3 Å². The van der Waals surface area contributed by atoms with Crippen molar-refractivity contribution < 1.29 is 4.42 Å². The van der Waals surface area contributed by atoms with Crippen LogP contribution >= 0.6 is 11.6 Å². The molecular formula is C7H11ClGeO. The minimum atomic E-state index is -1.79. The number of halogens is 1. The molecule has 0 aliphatic rings. The molecule has 0 radical (unpaired) electrons. The van der Waals surface area contributed by atoms with Crippen molar-refractivity contribution in [1.82, 2.24) is 0 Å². The second kappa shape index (κ2) is 2.63. The van der Waals surface area contributed by atoms with Crippen LogP contribution in [0.1, 0.15) is 0 Å². The van der Waals surface area contributed by atoms with E-state index in [0.29, 0.717) is 0 Å². The third kappa shape index (κ3) is 1.58. The van der Waals surface area contributed by atoms with Crippen LogP contribution in [0.15, 0.2) is 16.7 Å². The van der Waals surface area contributed by atoms with Gasteiger partial charge in [0.2, 0.25) is 0 Å². The van der Waals surface area contributed by atoms with Gasteiger partial charge >= 0.3 is 68.5 Å². The molecule has 0 fully saturated rings. The van der Waals surface area contributed by atoms with E-state index in [0.717, 1.165) is 9.62 Å². The fraction of sp³-hybridized carbons (Fsp3) is 0.429. The molecule has 3 heteroatoms. The van der Waals surface area contributed by atoms with Crippen molar-refractivity contribution >= 4 is 29.5 Å². The van der Waals surface area contributed by atoms with Gasteiger partial charge in [0, 0.05) is 0 Å². The molecule has 1 aromatic heterocycles. The van der Waals surface area contributed by atoms with Crippen molar-refractivity contribution in [3.8, 4) is 0 Å². The first-order chi connectivity index (χ1) is 4.52. The molecule has 0 atom stereocenters. The van der Waals surface area contributed by atoms with Gasteiger partial charge in [-0.1, -0.05) is 0 Å². The van der Waals surface area contributed by atoms with E-state index in [9.17, 15) is 0 Å². The molecule has 0 amide bonds. The Bertz CT molecular complexity index is 224. The number of furan rings is 1. The fourth-order valence-corrected chi connectivity index (χ4v) is 4.96. The van der Waals surface area contributed by atoms with Crippen molar-refractivity contribution in [2.24, 2.45) is 0 Å². The molecule has 1 rings (SSSR count). The SMILES string of the molecule is [CH3][Ge]([CH3])([CH3])[c]1occc1Cl. The summed E-state index contributed by atoms with van der Waals surface area (Å²) < 4.78 is 6.32. The molecule has 0 saturated carbocycles. The number of hydrogen-bond acceptors (Lipinski definition) is 1. The van der Waals surface area contributed by atoms with Gasteiger partial charge in [-0.2, -0.15) is 0 Å². The van der Waals surface area contributed by atoms with Crippen molar-refractivity contribution in [3.63, 3.8) is 0 Å². The van der Waals surface area contributed by atoms with Crippen LogP contribution < -0.4 is 4.59 Å². The second-order valence-corrected chi connectivity index (χ2v) is 14.1. The van der Waals surface area contributed by atoms with Gasteiger partial charge in [0.25, 0.3) is 0 Å². The minimum absolute atomic E-state index is 0.799. The summed E-state index contributed by atoms with van der Waals surface area (Å²) in [4.78, 5) is 0. The van der Waals surface area contributed by atoms with Crippen LogP contribution in [0, 0.1) is 0 Å². The molecule has 0 spiro atoms. The average molecular weight is 219 g/mol. The fourth-order valence-electron chi connectivity index (χ4n) is 0.829. The van der Waals surface area contributed by atoms with Crippen LogP contribution in [0.5, 0.6) is 0 Å². The molecule has 1 nitrogen and oxygen atoms in total. The third-order valence-corrected chi connectivity index (χ3v) is 5.60. The Labute approximate surface area is 68.7 Å². The van der Waals surface area contributed by atoms with Crippen LogP contribution in [0.25, 0.3) is 0 Å². The summed E-state index contributed by atoms with van der Waals surface area (Å²) >= 11 is 4.08. The van der Waals surface area contributed by atoms with Gasteiger partial charge in [0.1, 0.15) is 0 Å². The number of hydrogen-bond donors (Lipinski definition) is 0. The predicted molar refractivity (Wildman–Crippen MR) is 46.7 cm³/mol. The van der Waals surface area contributed by atoms with E-state index in [-0.39, 0.29) is 0 Å². The first-order valence-corrected chi connectivity index (χ1v) is 11.0. The molecule has 0 N–H and O–H groups in total. The van der Waals surface area contributed by atoms with Gasteiger partial charge in [0.15, 0.2) is 0 Å². The summed E-state index contributed by atoms with van der Waals surface area (Å²) in [6.45, 7) is 0. The Morgan fingerprint density at radius 1 is 1.40 bits per heavy atom. The van der Waals surface area contributed by atoms with Crippen molar-refractivity contribution in [1.29, 1.82) is 0 Å². The molecule has 0 saturated heterocycles. The summed E-state index contributed by atoms with van der Waals surface area (Å²) in [5, 5.41) is 0.799. The second-order valence-electron chi connectivity index (χ2n) is 3.35. The Balaban J connectivity index is 3.05. The van der Waals surface area contributed by atoms with Gasteiger partial charge in [-0.3, -0.25) is 0 Å². The first kappa shape index (κ1) is 8.21. The zero-order valence-corrected chi connectivity index (χ0v) is 9.29. The van der Waals surface area contributed by atoms with Gasteiger partial charge in [0.05, 0.1) is 0 Å². The molecule has 0 aliphatic heterocycles. The van der Waals surface area contributed by atoms with E-state index < -0.39 is 13.3 Å². The molecule has 0 unspecified atom stereocenters. The molecule has 0 bridgehead atoms. The van der Waals surface area contributed by atoms with E-state index >= 15 is 0 Å². The monoisotopic (exact) mass is 220 g/mol. The maximum absolute atomic E-state index is 5.88. The quantitative estimate of drug-likeness (QED) is 0.661. The molecule has 0 aromatic carbocycles. The van der Waals surface area contributed by atoms with Crippen LogP contribution in [-0.2, 0) is 0 Å². The Morgan fingerprint density at radius 3 is 2.20 bits per heavy atom. The van der Waals surface area contributed by atoms with Crippen molar-refractivity contribution in [2.45, 2.75) is 17.3 Å². The first-order valence-electron chi connectivity index (χ1n) is 3.25.